The van der Waals surface area contributed by atoms with Gasteiger partial charge in [-0.1, -0.05) is 6.07 Å². The highest BCUT2D eigenvalue weighted by Gasteiger charge is 2.22. The lowest BCUT2D eigenvalue weighted by Crippen LogP contribution is -2.44. The van der Waals surface area contributed by atoms with Gasteiger partial charge in [0.25, 0.3) is 5.91 Å². The third-order valence-corrected chi connectivity index (χ3v) is 4.62. The number of carbonyl (C=O) groups excluding carboxylic acids is 1. The first kappa shape index (κ1) is 16.8. The molecule has 128 valence electrons. The number of hydrogen-bond donors (Lipinski definition) is 1. The number of halogens is 1. The second-order valence-electron chi connectivity index (χ2n) is 5.79. The topological polar surface area (TPSA) is 67.3 Å². The lowest BCUT2D eigenvalue weighted by Gasteiger charge is -2.32. The Labute approximate surface area is 144 Å². The summed E-state index contributed by atoms with van der Waals surface area (Å²) in [7, 11) is 1.46. The lowest BCUT2D eigenvalue weighted by atomic mass is 10.0. The van der Waals surface area contributed by atoms with E-state index >= 15 is 0 Å². The molecule has 1 N–H and O–H groups in total. The Morgan fingerprint density at radius 3 is 2.88 bits per heavy atom. The van der Waals surface area contributed by atoms with Crippen LogP contribution in [0.15, 0.2) is 24.4 Å². The summed E-state index contributed by atoms with van der Waals surface area (Å²) in [5.41, 5.74) is 1.29. The maximum absolute atomic E-state index is 13.7. The molecule has 1 aliphatic rings. The Balaban J connectivity index is 1.48. The van der Waals surface area contributed by atoms with Gasteiger partial charge >= 0.3 is 0 Å². The largest absolute Gasteiger partial charge is 0.494 e. The number of piperidine rings is 1. The van der Waals surface area contributed by atoms with Crippen molar-refractivity contribution in [3.63, 3.8) is 0 Å². The SMILES string of the molecule is COc1ccc(CN2CCC(NC(=O)c3cnsn3)CC2)cc1F. The first-order valence-corrected chi connectivity index (χ1v) is 8.52. The number of carbonyl (C=O) groups is 1. The molecule has 0 unspecified atom stereocenters. The predicted molar refractivity (Wildman–Crippen MR) is 88.6 cm³/mol. The van der Waals surface area contributed by atoms with Gasteiger partial charge in [-0.25, -0.2) is 4.39 Å². The Hall–Kier alpha value is -2.06. The molecule has 1 aromatic heterocycles. The van der Waals surface area contributed by atoms with Crippen molar-refractivity contribution in [3.8, 4) is 5.75 Å². The van der Waals surface area contributed by atoms with Crippen LogP contribution in [0.3, 0.4) is 0 Å². The van der Waals surface area contributed by atoms with E-state index in [0.29, 0.717) is 12.2 Å². The normalized spacial score (nSPS) is 16.1. The minimum Gasteiger partial charge on any atom is -0.494 e. The molecule has 1 aromatic carbocycles. The molecule has 0 atom stereocenters. The standard InChI is InChI=1S/C16H19FN4O2S/c1-23-15-3-2-11(8-13(15)17)10-21-6-4-12(5-7-21)19-16(22)14-9-18-24-20-14/h2-3,8-9,12H,4-7,10H2,1H3,(H,19,22). The minimum atomic E-state index is -0.339. The quantitative estimate of drug-likeness (QED) is 0.894. The molecule has 1 aliphatic heterocycles. The highest BCUT2D eigenvalue weighted by molar-refractivity contribution is 6.99. The van der Waals surface area contributed by atoms with E-state index in [2.05, 4.69) is 19.0 Å². The number of amides is 1. The monoisotopic (exact) mass is 350 g/mol. The van der Waals surface area contributed by atoms with Gasteiger partial charge in [-0.2, -0.15) is 8.75 Å². The van der Waals surface area contributed by atoms with E-state index in [0.717, 1.165) is 43.2 Å². The van der Waals surface area contributed by atoms with Gasteiger partial charge in [-0.3, -0.25) is 9.69 Å². The highest BCUT2D eigenvalue weighted by atomic mass is 32.1. The van der Waals surface area contributed by atoms with Crippen molar-refractivity contribution in [2.45, 2.75) is 25.4 Å². The van der Waals surface area contributed by atoms with Crippen molar-refractivity contribution in [2.75, 3.05) is 20.2 Å². The summed E-state index contributed by atoms with van der Waals surface area (Å²) >= 11 is 1.03. The van der Waals surface area contributed by atoms with Crippen LogP contribution in [-0.4, -0.2) is 45.8 Å². The van der Waals surface area contributed by atoms with Crippen molar-refractivity contribution in [1.29, 1.82) is 0 Å². The molecule has 2 heterocycles. The molecular formula is C16H19FN4O2S. The van der Waals surface area contributed by atoms with Gasteiger partial charge in [-0.05, 0) is 30.5 Å². The van der Waals surface area contributed by atoms with E-state index in [-0.39, 0.29) is 23.5 Å². The van der Waals surface area contributed by atoms with Crippen molar-refractivity contribution in [1.82, 2.24) is 19.0 Å². The van der Waals surface area contributed by atoms with Gasteiger partial charge in [0.1, 0.15) is 0 Å². The highest BCUT2D eigenvalue weighted by Crippen LogP contribution is 2.20. The number of hydrogen-bond acceptors (Lipinski definition) is 6. The number of nitrogens with zero attached hydrogens (tertiary/aromatic N) is 3. The third kappa shape index (κ3) is 4.07. The molecule has 8 heteroatoms. The Morgan fingerprint density at radius 2 is 2.25 bits per heavy atom. The number of aromatic nitrogens is 2. The molecule has 0 radical (unpaired) electrons. The van der Waals surface area contributed by atoms with Crippen LogP contribution in [0, 0.1) is 5.82 Å². The summed E-state index contributed by atoms with van der Waals surface area (Å²) in [4.78, 5) is 14.2. The van der Waals surface area contributed by atoms with Crippen LogP contribution in [0.2, 0.25) is 0 Å². The van der Waals surface area contributed by atoms with Crippen LogP contribution in [0.1, 0.15) is 28.9 Å². The van der Waals surface area contributed by atoms with Crippen LogP contribution in [-0.2, 0) is 6.54 Å². The fraction of sp³-hybridized carbons (Fsp3) is 0.438. The van der Waals surface area contributed by atoms with Gasteiger partial charge in [0.15, 0.2) is 17.3 Å². The molecule has 1 fully saturated rings. The summed E-state index contributed by atoms with van der Waals surface area (Å²) in [6, 6.07) is 5.19. The molecule has 0 aliphatic carbocycles. The van der Waals surface area contributed by atoms with Crippen molar-refractivity contribution >= 4 is 17.6 Å². The van der Waals surface area contributed by atoms with Crippen LogP contribution < -0.4 is 10.1 Å². The molecule has 1 amide bonds. The number of benzene rings is 1. The minimum absolute atomic E-state index is 0.142. The first-order chi connectivity index (χ1) is 11.7. The van der Waals surface area contributed by atoms with E-state index < -0.39 is 0 Å². The van der Waals surface area contributed by atoms with E-state index in [1.807, 2.05) is 6.07 Å². The van der Waals surface area contributed by atoms with E-state index in [4.69, 9.17) is 4.74 Å². The summed E-state index contributed by atoms with van der Waals surface area (Å²) < 4.78 is 26.5. The predicted octanol–water partition coefficient (Wildman–Crippen LogP) is 2.08. The molecule has 6 nitrogen and oxygen atoms in total. The second-order valence-corrected chi connectivity index (χ2v) is 6.34. The summed E-state index contributed by atoms with van der Waals surface area (Å²) in [5, 5.41) is 2.99. The molecule has 24 heavy (non-hydrogen) atoms. The maximum atomic E-state index is 13.7. The number of nitrogens with one attached hydrogen (secondary N) is 1. The first-order valence-electron chi connectivity index (χ1n) is 7.79. The van der Waals surface area contributed by atoms with Gasteiger partial charge in [0, 0.05) is 25.7 Å². The maximum Gasteiger partial charge on any atom is 0.272 e. The fourth-order valence-corrected chi connectivity index (χ4v) is 3.24. The zero-order valence-electron chi connectivity index (χ0n) is 13.4. The smallest absolute Gasteiger partial charge is 0.272 e. The molecule has 0 saturated carbocycles. The van der Waals surface area contributed by atoms with E-state index in [9.17, 15) is 9.18 Å². The van der Waals surface area contributed by atoms with Crippen LogP contribution in [0.4, 0.5) is 4.39 Å². The van der Waals surface area contributed by atoms with E-state index in [1.165, 1.54) is 19.4 Å². The fourth-order valence-electron chi connectivity index (χ4n) is 2.83. The van der Waals surface area contributed by atoms with Crippen LogP contribution in [0.5, 0.6) is 5.75 Å². The van der Waals surface area contributed by atoms with Gasteiger partial charge in [0.05, 0.1) is 25.0 Å². The van der Waals surface area contributed by atoms with Crippen molar-refractivity contribution in [2.24, 2.45) is 0 Å². The van der Waals surface area contributed by atoms with Crippen molar-refractivity contribution < 1.29 is 13.9 Å². The average molecular weight is 350 g/mol. The lowest BCUT2D eigenvalue weighted by molar-refractivity contribution is 0.0905. The van der Waals surface area contributed by atoms with Crippen LogP contribution in [0.25, 0.3) is 0 Å². The number of likely N-dealkylation sites (tertiary alicyclic amines) is 1. The molecular weight excluding hydrogens is 331 g/mol. The zero-order chi connectivity index (χ0) is 16.9. The Morgan fingerprint density at radius 1 is 1.46 bits per heavy atom. The molecule has 2 aromatic rings. The Bertz CT molecular complexity index is 687. The van der Waals surface area contributed by atoms with Gasteiger partial charge in [0.2, 0.25) is 0 Å². The Kier molecular flexibility index (Phi) is 5.37. The summed E-state index contributed by atoms with van der Waals surface area (Å²) in [6.45, 7) is 2.40. The second kappa shape index (κ2) is 7.67. The number of methoxy groups -OCH3 is 1. The summed E-state index contributed by atoms with van der Waals surface area (Å²) in [5.74, 6) is -0.245. The van der Waals surface area contributed by atoms with Crippen molar-refractivity contribution in [3.05, 3.63) is 41.5 Å². The number of ether oxygens (including phenoxy) is 1. The van der Waals surface area contributed by atoms with Gasteiger partial charge < -0.3 is 10.1 Å². The van der Waals surface area contributed by atoms with Crippen LogP contribution >= 0.6 is 11.7 Å². The molecule has 1 saturated heterocycles. The summed E-state index contributed by atoms with van der Waals surface area (Å²) in [6.07, 6.45) is 3.21. The average Bonchev–Trinajstić information content (AvgIpc) is 3.11. The third-order valence-electron chi connectivity index (χ3n) is 4.14. The molecule has 0 spiro atoms. The van der Waals surface area contributed by atoms with Gasteiger partial charge in [-0.15, -0.1) is 0 Å². The zero-order valence-corrected chi connectivity index (χ0v) is 14.2. The van der Waals surface area contributed by atoms with E-state index in [1.54, 1.807) is 6.07 Å². The molecule has 0 bridgehead atoms. The number of rotatable bonds is 5. The molecule has 3 rings (SSSR count).